The molecule has 1 atom stereocenters. The molecular formula is C13H17NO. The first kappa shape index (κ1) is 11.6. The van der Waals surface area contributed by atoms with E-state index in [1.54, 1.807) is 7.11 Å². The summed E-state index contributed by atoms with van der Waals surface area (Å²) in [4.78, 5) is 0. The van der Waals surface area contributed by atoms with Gasteiger partial charge in [-0.05, 0) is 30.5 Å². The van der Waals surface area contributed by atoms with Crippen LogP contribution >= 0.6 is 0 Å². The fourth-order valence-corrected chi connectivity index (χ4v) is 1.71. The van der Waals surface area contributed by atoms with Crippen LogP contribution in [0, 0.1) is 18.3 Å². The Kier molecular flexibility index (Phi) is 4.17. The highest BCUT2D eigenvalue weighted by molar-refractivity contribution is 5.39. The number of hydrogen-bond acceptors (Lipinski definition) is 2. The van der Waals surface area contributed by atoms with Gasteiger partial charge in [0.25, 0.3) is 0 Å². The second kappa shape index (κ2) is 5.41. The van der Waals surface area contributed by atoms with E-state index in [0.29, 0.717) is 0 Å². The van der Waals surface area contributed by atoms with E-state index in [9.17, 15) is 0 Å². The lowest BCUT2D eigenvalue weighted by Crippen LogP contribution is -1.97. The van der Waals surface area contributed by atoms with E-state index in [0.717, 1.165) is 29.7 Å². The molecule has 0 aromatic heterocycles. The lowest BCUT2D eigenvalue weighted by molar-refractivity contribution is 0.411. The van der Waals surface area contributed by atoms with Crippen LogP contribution in [-0.2, 0) is 0 Å². The number of ether oxygens (including phenoxy) is 1. The van der Waals surface area contributed by atoms with Crippen LogP contribution in [0.5, 0.6) is 5.75 Å². The molecule has 1 aromatic carbocycles. The Bertz CT molecular complexity index is 365. The number of rotatable bonds is 4. The summed E-state index contributed by atoms with van der Waals surface area (Å²) in [5.41, 5.74) is 2.18. The van der Waals surface area contributed by atoms with Crippen molar-refractivity contribution >= 4 is 0 Å². The highest BCUT2D eigenvalue weighted by Crippen LogP contribution is 2.25. The van der Waals surface area contributed by atoms with E-state index in [-0.39, 0.29) is 5.92 Å². The molecule has 0 spiro atoms. The molecule has 0 N–H and O–H groups in total. The highest BCUT2D eigenvalue weighted by atomic mass is 16.5. The van der Waals surface area contributed by atoms with Crippen molar-refractivity contribution in [1.29, 1.82) is 5.26 Å². The molecule has 0 radical (unpaired) electrons. The molecule has 2 heteroatoms. The lowest BCUT2D eigenvalue weighted by atomic mass is 9.94. The third kappa shape index (κ3) is 2.73. The molecule has 80 valence electrons. The monoisotopic (exact) mass is 203 g/mol. The van der Waals surface area contributed by atoms with Gasteiger partial charge in [0.05, 0.1) is 19.1 Å². The molecule has 0 aliphatic heterocycles. The normalized spacial score (nSPS) is 11.9. The summed E-state index contributed by atoms with van der Waals surface area (Å²) in [5, 5.41) is 9.05. The Morgan fingerprint density at radius 1 is 1.47 bits per heavy atom. The first-order valence-corrected chi connectivity index (χ1v) is 5.27. The molecule has 2 nitrogen and oxygen atoms in total. The van der Waals surface area contributed by atoms with Crippen molar-refractivity contribution in [2.75, 3.05) is 7.11 Å². The van der Waals surface area contributed by atoms with Crippen LogP contribution in [-0.4, -0.2) is 7.11 Å². The maximum absolute atomic E-state index is 9.05. The fraction of sp³-hybridized carbons (Fsp3) is 0.462. The van der Waals surface area contributed by atoms with E-state index >= 15 is 0 Å². The molecule has 0 saturated heterocycles. The molecule has 0 fully saturated rings. The molecular weight excluding hydrogens is 186 g/mol. The Morgan fingerprint density at radius 2 is 2.20 bits per heavy atom. The van der Waals surface area contributed by atoms with Gasteiger partial charge >= 0.3 is 0 Å². The molecule has 1 aromatic rings. The number of benzene rings is 1. The quantitative estimate of drug-likeness (QED) is 0.751. The van der Waals surface area contributed by atoms with Crippen LogP contribution in [0.25, 0.3) is 0 Å². The minimum absolute atomic E-state index is 0.0135. The molecule has 0 saturated carbocycles. The summed E-state index contributed by atoms with van der Waals surface area (Å²) in [6, 6.07) is 8.30. The van der Waals surface area contributed by atoms with Crippen molar-refractivity contribution < 1.29 is 4.74 Å². The van der Waals surface area contributed by atoms with E-state index in [2.05, 4.69) is 13.0 Å². The smallest absolute Gasteiger partial charge is 0.121 e. The van der Waals surface area contributed by atoms with Gasteiger partial charge < -0.3 is 4.74 Å². The van der Waals surface area contributed by atoms with Gasteiger partial charge in [-0.25, -0.2) is 0 Å². The van der Waals surface area contributed by atoms with Crippen LogP contribution in [0.2, 0.25) is 0 Å². The van der Waals surface area contributed by atoms with Crippen LogP contribution in [0.1, 0.15) is 36.8 Å². The third-order valence-electron chi connectivity index (χ3n) is 2.55. The zero-order chi connectivity index (χ0) is 11.3. The van der Waals surface area contributed by atoms with Gasteiger partial charge in [-0.15, -0.1) is 0 Å². The summed E-state index contributed by atoms with van der Waals surface area (Å²) in [6.07, 6.45) is 1.95. The zero-order valence-corrected chi connectivity index (χ0v) is 9.58. The lowest BCUT2D eigenvalue weighted by Gasteiger charge is -2.11. The van der Waals surface area contributed by atoms with Gasteiger partial charge in [-0.3, -0.25) is 0 Å². The number of nitrogens with zero attached hydrogens (tertiary/aromatic N) is 1. The Balaban J connectivity index is 2.96. The summed E-state index contributed by atoms with van der Waals surface area (Å²) in [5.74, 6) is 0.895. The minimum atomic E-state index is 0.0135. The second-order valence-corrected chi connectivity index (χ2v) is 3.70. The molecule has 0 aliphatic rings. The van der Waals surface area contributed by atoms with E-state index in [1.165, 1.54) is 0 Å². The maximum Gasteiger partial charge on any atom is 0.121 e. The summed E-state index contributed by atoms with van der Waals surface area (Å²) >= 11 is 0. The van der Waals surface area contributed by atoms with E-state index < -0.39 is 0 Å². The van der Waals surface area contributed by atoms with Crippen molar-refractivity contribution in [3.8, 4) is 11.8 Å². The summed E-state index contributed by atoms with van der Waals surface area (Å²) < 4.78 is 5.19. The van der Waals surface area contributed by atoms with Crippen molar-refractivity contribution in [2.45, 2.75) is 32.6 Å². The first-order chi connectivity index (χ1) is 7.22. The average molecular weight is 203 g/mol. The topological polar surface area (TPSA) is 33.0 Å². The van der Waals surface area contributed by atoms with Gasteiger partial charge in [0.2, 0.25) is 0 Å². The molecule has 0 amide bonds. The van der Waals surface area contributed by atoms with E-state index in [4.69, 9.17) is 10.00 Å². The van der Waals surface area contributed by atoms with Crippen molar-refractivity contribution in [1.82, 2.24) is 0 Å². The standard InChI is InChI=1S/C13H17NO/c1-4-5-12(9-14)11-6-7-13(15-3)10(2)8-11/h6-8,12H,4-5H2,1-3H3. The number of hydrogen-bond donors (Lipinski definition) is 0. The first-order valence-electron chi connectivity index (χ1n) is 5.27. The van der Waals surface area contributed by atoms with Crippen LogP contribution in [0.3, 0.4) is 0 Å². The summed E-state index contributed by atoms with van der Waals surface area (Å²) in [6.45, 7) is 4.10. The number of aryl methyl sites for hydroxylation is 1. The van der Waals surface area contributed by atoms with Crippen LogP contribution in [0.4, 0.5) is 0 Å². The average Bonchev–Trinajstić information content (AvgIpc) is 2.25. The Morgan fingerprint density at radius 3 is 2.67 bits per heavy atom. The molecule has 0 bridgehead atoms. The largest absolute Gasteiger partial charge is 0.496 e. The van der Waals surface area contributed by atoms with Crippen LogP contribution < -0.4 is 4.74 Å². The van der Waals surface area contributed by atoms with Gasteiger partial charge in [-0.2, -0.15) is 5.26 Å². The zero-order valence-electron chi connectivity index (χ0n) is 9.58. The van der Waals surface area contributed by atoms with Gasteiger partial charge in [0, 0.05) is 0 Å². The van der Waals surface area contributed by atoms with Crippen molar-refractivity contribution in [3.63, 3.8) is 0 Å². The number of methoxy groups -OCH3 is 1. The highest BCUT2D eigenvalue weighted by Gasteiger charge is 2.10. The van der Waals surface area contributed by atoms with Gasteiger partial charge in [0.15, 0.2) is 0 Å². The van der Waals surface area contributed by atoms with Gasteiger partial charge in [0.1, 0.15) is 5.75 Å². The second-order valence-electron chi connectivity index (χ2n) is 3.70. The third-order valence-corrected chi connectivity index (χ3v) is 2.55. The molecule has 1 unspecified atom stereocenters. The fourth-order valence-electron chi connectivity index (χ4n) is 1.71. The minimum Gasteiger partial charge on any atom is -0.496 e. The maximum atomic E-state index is 9.05. The molecule has 15 heavy (non-hydrogen) atoms. The molecule has 0 heterocycles. The van der Waals surface area contributed by atoms with Crippen molar-refractivity contribution in [2.24, 2.45) is 0 Å². The van der Waals surface area contributed by atoms with Crippen molar-refractivity contribution in [3.05, 3.63) is 29.3 Å². The Labute approximate surface area is 91.5 Å². The van der Waals surface area contributed by atoms with E-state index in [1.807, 2.05) is 25.1 Å². The Hall–Kier alpha value is -1.49. The summed E-state index contributed by atoms with van der Waals surface area (Å²) in [7, 11) is 1.66. The SMILES string of the molecule is CCCC(C#N)c1ccc(OC)c(C)c1. The van der Waals surface area contributed by atoms with Crippen LogP contribution in [0.15, 0.2) is 18.2 Å². The molecule has 1 rings (SSSR count). The predicted molar refractivity (Wildman–Crippen MR) is 61.0 cm³/mol. The number of nitriles is 1. The van der Waals surface area contributed by atoms with Gasteiger partial charge in [-0.1, -0.05) is 25.5 Å². The predicted octanol–water partition coefficient (Wildman–Crippen LogP) is 3.41. The molecule has 0 aliphatic carbocycles.